The van der Waals surface area contributed by atoms with E-state index in [0.717, 1.165) is 12.8 Å². The Kier molecular flexibility index (Phi) is 2.37. The van der Waals surface area contributed by atoms with Crippen LogP contribution in [0.4, 0.5) is 5.82 Å². The fourth-order valence-electron chi connectivity index (χ4n) is 1.17. The third-order valence-electron chi connectivity index (χ3n) is 2.08. The summed E-state index contributed by atoms with van der Waals surface area (Å²) in [5.74, 6) is 0.109. The van der Waals surface area contributed by atoms with E-state index in [1.165, 1.54) is 6.08 Å². The third kappa shape index (κ3) is 2.12. The minimum atomic E-state index is -0.531. The maximum Gasteiger partial charge on any atom is 0.374 e. The van der Waals surface area contributed by atoms with Crippen molar-refractivity contribution in [2.75, 3.05) is 0 Å². The van der Waals surface area contributed by atoms with Crippen molar-refractivity contribution in [2.45, 2.75) is 18.9 Å². The Hall–Kier alpha value is -1.91. The van der Waals surface area contributed by atoms with Crippen LogP contribution in [-0.4, -0.2) is 16.0 Å². The van der Waals surface area contributed by atoms with Gasteiger partial charge < -0.3 is 14.9 Å². The quantitative estimate of drug-likeness (QED) is 0.559. The number of hydrogen-bond acceptors (Lipinski definition) is 4. The van der Waals surface area contributed by atoms with E-state index in [4.69, 9.17) is 4.74 Å². The predicted octanol–water partition coefficient (Wildman–Crippen LogP) is 2.17. The smallest absolute Gasteiger partial charge is 0.374 e. The molecule has 1 aromatic heterocycles. The van der Waals surface area contributed by atoms with Crippen LogP contribution >= 0.6 is 0 Å². The highest BCUT2D eigenvalue weighted by atomic mass is 16.6. The van der Waals surface area contributed by atoms with Crippen LogP contribution in [0.2, 0.25) is 0 Å². The summed E-state index contributed by atoms with van der Waals surface area (Å²) in [4.78, 5) is 14.0. The molecule has 0 aliphatic heterocycles. The van der Waals surface area contributed by atoms with Crippen LogP contribution in [-0.2, 0) is 0 Å². The minimum absolute atomic E-state index is 0.187. The van der Waals surface area contributed by atoms with Gasteiger partial charge in [-0.25, -0.2) is 0 Å². The van der Waals surface area contributed by atoms with Crippen LogP contribution < -0.4 is 4.74 Å². The van der Waals surface area contributed by atoms with Gasteiger partial charge in [0, 0.05) is 11.1 Å². The van der Waals surface area contributed by atoms with E-state index in [2.05, 4.69) is 11.6 Å². The molecule has 0 atom stereocenters. The second-order valence-corrected chi connectivity index (χ2v) is 3.34. The Morgan fingerprint density at radius 2 is 2.33 bits per heavy atom. The van der Waals surface area contributed by atoms with Crippen molar-refractivity contribution in [3.05, 3.63) is 34.4 Å². The molecule has 0 amide bonds. The zero-order chi connectivity index (χ0) is 10.8. The molecule has 2 rings (SSSR count). The first-order valence-electron chi connectivity index (χ1n) is 4.65. The van der Waals surface area contributed by atoms with Gasteiger partial charge in [0.15, 0.2) is 0 Å². The molecule has 0 aromatic carbocycles. The number of nitrogens with zero attached hydrogens (tertiary/aromatic N) is 2. The monoisotopic (exact) mass is 206 g/mol. The summed E-state index contributed by atoms with van der Waals surface area (Å²) in [6.45, 7) is 3.49. The Morgan fingerprint density at radius 1 is 1.60 bits per heavy atom. The summed E-state index contributed by atoms with van der Waals surface area (Å²) in [6, 6.07) is 3.22. The molecule has 5 heteroatoms. The van der Waals surface area contributed by atoms with Crippen molar-refractivity contribution in [1.82, 2.24) is 4.98 Å². The fraction of sp³-hybridized carbons (Fsp3) is 0.300. The molecule has 15 heavy (non-hydrogen) atoms. The molecule has 1 aromatic rings. The van der Waals surface area contributed by atoms with Gasteiger partial charge in [-0.3, -0.25) is 0 Å². The van der Waals surface area contributed by atoms with Gasteiger partial charge in [0.1, 0.15) is 6.10 Å². The topological polar surface area (TPSA) is 65.3 Å². The molecule has 1 heterocycles. The van der Waals surface area contributed by atoms with Crippen molar-refractivity contribution in [3.63, 3.8) is 0 Å². The van der Waals surface area contributed by atoms with Crippen LogP contribution in [0, 0.1) is 10.1 Å². The zero-order valence-electron chi connectivity index (χ0n) is 8.05. The predicted molar refractivity (Wildman–Crippen MR) is 54.6 cm³/mol. The maximum atomic E-state index is 10.7. The van der Waals surface area contributed by atoms with Crippen molar-refractivity contribution in [3.8, 4) is 5.88 Å². The molecule has 1 aliphatic carbocycles. The Bertz CT molecular complexity index is 413. The number of ether oxygens (including phenoxy) is 1. The van der Waals surface area contributed by atoms with E-state index in [1.807, 2.05) is 0 Å². The van der Waals surface area contributed by atoms with Crippen molar-refractivity contribution < 1.29 is 9.66 Å². The van der Waals surface area contributed by atoms with E-state index in [0.29, 0.717) is 11.4 Å². The van der Waals surface area contributed by atoms with Gasteiger partial charge in [0.25, 0.3) is 0 Å². The summed E-state index contributed by atoms with van der Waals surface area (Å²) in [6.07, 6.45) is 3.59. The van der Waals surface area contributed by atoms with Gasteiger partial charge in [-0.2, -0.15) is 0 Å². The van der Waals surface area contributed by atoms with E-state index in [9.17, 15) is 10.1 Å². The van der Waals surface area contributed by atoms with Gasteiger partial charge in [-0.15, -0.1) is 0 Å². The molecular weight excluding hydrogens is 196 g/mol. The van der Waals surface area contributed by atoms with Crippen LogP contribution in [0.25, 0.3) is 6.08 Å². The lowest BCUT2D eigenvalue weighted by Crippen LogP contribution is -2.01. The van der Waals surface area contributed by atoms with Crippen LogP contribution in [0.15, 0.2) is 18.7 Å². The molecule has 0 bridgehead atoms. The second-order valence-electron chi connectivity index (χ2n) is 3.34. The second kappa shape index (κ2) is 3.68. The van der Waals surface area contributed by atoms with E-state index >= 15 is 0 Å². The number of aromatic nitrogens is 1. The molecule has 0 saturated heterocycles. The fourth-order valence-corrected chi connectivity index (χ4v) is 1.17. The van der Waals surface area contributed by atoms with Crippen LogP contribution in [0.3, 0.4) is 0 Å². The van der Waals surface area contributed by atoms with Crippen molar-refractivity contribution in [1.29, 1.82) is 0 Å². The zero-order valence-corrected chi connectivity index (χ0v) is 8.05. The van der Waals surface area contributed by atoms with Gasteiger partial charge in [0.2, 0.25) is 0 Å². The standard InChI is InChI=1S/C10H10N2O3/c1-2-7-3-6-9(15-8-4-5-8)11-10(7)12(13)14/h2-3,6,8H,1,4-5H2. The highest BCUT2D eigenvalue weighted by molar-refractivity contribution is 5.56. The first-order chi connectivity index (χ1) is 7.20. The molecule has 1 fully saturated rings. The maximum absolute atomic E-state index is 10.7. The highest BCUT2D eigenvalue weighted by Gasteiger charge is 2.26. The van der Waals surface area contributed by atoms with Crippen molar-refractivity contribution >= 4 is 11.9 Å². The Labute approximate surface area is 86.5 Å². The van der Waals surface area contributed by atoms with Gasteiger partial charge in [0.05, 0.1) is 5.56 Å². The molecule has 5 nitrogen and oxygen atoms in total. The molecule has 0 N–H and O–H groups in total. The summed E-state index contributed by atoms with van der Waals surface area (Å²) in [5.41, 5.74) is 0.406. The third-order valence-corrected chi connectivity index (χ3v) is 2.08. The number of nitro groups is 1. The average molecular weight is 206 g/mol. The number of rotatable bonds is 4. The molecule has 0 spiro atoms. The number of pyridine rings is 1. The van der Waals surface area contributed by atoms with Gasteiger partial charge in [-0.1, -0.05) is 12.7 Å². The van der Waals surface area contributed by atoms with Crippen LogP contribution in [0.5, 0.6) is 5.88 Å². The van der Waals surface area contributed by atoms with Crippen LogP contribution in [0.1, 0.15) is 18.4 Å². The van der Waals surface area contributed by atoms with E-state index in [-0.39, 0.29) is 11.9 Å². The molecule has 0 unspecified atom stereocenters. The van der Waals surface area contributed by atoms with Gasteiger partial charge in [-0.05, 0) is 23.8 Å². The first-order valence-corrected chi connectivity index (χ1v) is 4.65. The van der Waals surface area contributed by atoms with Crippen molar-refractivity contribution in [2.24, 2.45) is 0 Å². The molecule has 78 valence electrons. The Balaban J connectivity index is 2.30. The summed E-state index contributed by atoms with van der Waals surface area (Å²) < 4.78 is 5.37. The molecule has 1 saturated carbocycles. The summed E-state index contributed by atoms with van der Waals surface area (Å²) >= 11 is 0. The molecule has 0 radical (unpaired) electrons. The molecular formula is C10H10N2O3. The lowest BCUT2D eigenvalue weighted by molar-refractivity contribution is -0.389. The lowest BCUT2D eigenvalue weighted by Gasteiger charge is -2.00. The summed E-state index contributed by atoms with van der Waals surface area (Å²) in [5, 5.41) is 10.7. The lowest BCUT2D eigenvalue weighted by atomic mass is 10.2. The SMILES string of the molecule is C=Cc1ccc(OC2CC2)nc1[N+](=O)[O-]. The summed E-state index contributed by atoms with van der Waals surface area (Å²) in [7, 11) is 0. The average Bonchev–Trinajstić information content (AvgIpc) is 3.01. The molecule has 1 aliphatic rings. The van der Waals surface area contributed by atoms with E-state index < -0.39 is 4.92 Å². The first kappa shape index (κ1) is 9.64. The number of hydrogen-bond donors (Lipinski definition) is 0. The van der Waals surface area contributed by atoms with E-state index in [1.54, 1.807) is 12.1 Å². The largest absolute Gasteiger partial charge is 0.456 e. The Morgan fingerprint density at radius 3 is 2.87 bits per heavy atom. The minimum Gasteiger partial charge on any atom is -0.456 e. The normalized spacial score (nSPS) is 14.7. The highest BCUT2D eigenvalue weighted by Crippen LogP contribution is 2.28. The van der Waals surface area contributed by atoms with Gasteiger partial charge >= 0.3 is 11.7 Å².